The highest BCUT2D eigenvalue weighted by atomic mass is 79.9. The molecule has 156 valence electrons. The van der Waals surface area contributed by atoms with Gasteiger partial charge in [-0.3, -0.25) is 4.79 Å². The fraction of sp³-hybridized carbons (Fsp3) is 0.350. The van der Waals surface area contributed by atoms with E-state index < -0.39 is 21.7 Å². The molecule has 0 saturated heterocycles. The molecule has 1 saturated carbocycles. The van der Waals surface area contributed by atoms with Crippen LogP contribution in [0.15, 0.2) is 45.8 Å². The molecule has 1 aliphatic rings. The molecule has 0 spiro atoms. The second-order valence-corrected chi connectivity index (χ2v) is 9.50. The number of hydrogen-bond donors (Lipinski definition) is 2. The highest BCUT2D eigenvalue weighted by molar-refractivity contribution is 9.10. The third-order valence-corrected chi connectivity index (χ3v) is 6.86. The van der Waals surface area contributed by atoms with Gasteiger partial charge in [0.1, 0.15) is 16.5 Å². The molecule has 0 bridgehead atoms. The first kappa shape index (κ1) is 21.7. The zero-order chi connectivity index (χ0) is 21.0. The molecule has 2 aromatic carbocycles. The molecule has 3 rings (SSSR count). The van der Waals surface area contributed by atoms with E-state index in [1.165, 1.54) is 37.4 Å². The van der Waals surface area contributed by atoms with Crippen molar-refractivity contribution in [3.8, 4) is 5.75 Å². The Kier molecular flexibility index (Phi) is 6.92. The number of benzene rings is 2. The van der Waals surface area contributed by atoms with Gasteiger partial charge in [0.05, 0.1) is 12.8 Å². The van der Waals surface area contributed by atoms with E-state index in [-0.39, 0.29) is 27.9 Å². The van der Waals surface area contributed by atoms with E-state index in [0.29, 0.717) is 4.47 Å². The fourth-order valence-electron chi connectivity index (χ4n) is 3.32. The number of amides is 1. The van der Waals surface area contributed by atoms with Crippen molar-refractivity contribution in [2.75, 3.05) is 12.4 Å². The summed E-state index contributed by atoms with van der Waals surface area (Å²) in [5, 5.41) is 2.46. The van der Waals surface area contributed by atoms with Crippen molar-refractivity contribution in [1.29, 1.82) is 0 Å². The number of ether oxygens (including phenoxy) is 1. The van der Waals surface area contributed by atoms with E-state index in [0.717, 1.165) is 32.1 Å². The van der Waals surface area contributed by atoms with E-state index in [2.05, 4.69) is 26.0 Å². The van der Waals surface area contributed by atoms with Gasteiger partial charge >= 0.3 is 0 Å². The number of carbonyl (C=O) groups excluding carboxylic acids is 1. The third kappa shape index (κ3) is 5.34. The van der Waals surface area contributed by atoms with Crippen molar-refractivity contribution < 1.29 is 22.3 Å². The number of halogens is 2. The molecule has 0 aromatic heterocycles. The van der Waals surface area contributed by atoms with Gasteiger partial charge in [-0.1, -0.05) is 35.2 Å². The molecule has 2 aromatic rings. The third-order valence-electron chi connectivity index (χ3n) is 4.82. The Morgan fingerprint density at radius 3 is 2.52 bits per heavy atom. The Morgan fingerprint density at radius 1 is 1.14 bits per heavy atom. The van der Waals surface area contributed by atoms with Crippen LogP contribution in [-0.2, 0) is 10.0 Å². The van der Waals surface area contributed by atoms with E-state index in [1.54, 1.807) is 6.07 Å². The van der Waals surface area contributed by atoms with Crippen molar-refractivity contribution >= 4 is 37.5 Å². The molecule has 0 heterocycles. The Labute approximate surface area is 178 Å². The minimum Gasteiger partial charge on any atom is -0.495 e. The average molecular weight is 485 g/mol. The molecule has 1 aliphatic carbocycles. The highest BCUT2D eigenvalue weighted by Crippen LogP contribution is 2.28. The summed E-state index contributed by atoms with van der Waals surface area (Å²) in [5.74, 6) is -1.09. The van der Waals surface area contributed by atoms with Crippen molar-refractivity contribution in [2.24, 2.45) is 0 Å². The predicted molar refractivity (Wildman–Crippen MR) is 112 cm³/mol. The number of nitrogens with one attached hydrogen (secondary N) is 2. The van der Waals surface area contributed by atoms with Gasteiger partial charge in [0.25, 0.3) is 5.91 Å². The van der Waals surface area contributed by atoms with Gasteiger partial charge in [0.2, 0.25) is 10.0 Å². The van der Waals surface area contributed by atoms with Crippen LogP contribution in [-0.4, -0.2) is 27.5 Å². The molecule has 1 fully saturated rings. The molecule has 29 heavy (non-hydrogen) atoms. The fourth-order valence-corrected chi connectivity index (χ4v) is 5.15. The first-order valence-electron chi connectivity index (χ1n) is 9.27. The number of sulfonamides is 1. The summed E-state index contributed by atoms with van der Waals surface area (Å²) >= 11 is 3.16. The lowest BCUT2D eigenvalue weighted by atomic mass is 9.96. The highest BCUT2D eigenvalue weighted by Gasteiger charge is 2.26. The summed E-state index contributed by atoms with van der Waals surface area (Å²) in [5.41, 5.74) is 0.0795. The number of rotatable bonds is 6. The quantitative estimate of drug-likeness (QED) is 0.633. The molecular formula is C20H22BrFN2O4S. The predicted octanol–water partition coefficient (Wildman–Crippen LogP) is 4.46. The first-order valence-corrected chi connectivity index (χ1v) is 11.5. The number of methoxy groups -OCH3 is 1. The van der Waals surface area contributed by atoms with Crippen LogP contribution < -0.4 is 14.8 Å². The summed E-state index contributed by atoms with van der Waals surface area (Å²) < 4.78 is 48.3. The molecule has 2 N–H and O–H groups in total. The second-order valence-electron chi connectivity index (χ2n) is 6.90. The Bertz CT molecular complexity index is 1010. The van der Waals surface area contributed by atoms with Crippen molar-refractivity contribution in [2.45, 2.75) is 43.0 Å². The van der Waals surface area contributed by atoms with Gasteiger partial charge in [0.15, 0.2) is 0 Å². The number of anilines is 1. The molecular weight excluding hydrogens is 463 g/mol. The van der Waals surface area contributed by atoms with Crippen LogP contribution in [0.1, 0.15) is 42.5 Å². The van der Waals surface area contributed by atoms with Crippen LogP contribution in [0.3, 0.4) is 0 Å². The minimum absolute atomic E-state index is 0.00115. The summed E-state index contributed by atoms with van der Waals surface area (Å²) in [7, 11) is -2.51. The zero-order valence-corrected chi connectivity index (χ0v) is 18.3. The smallest absolute Gasteiger partial charge is 0.255 e. The monoisotopic (exact) mass is 484 g/mol. The lowest BCUT2D eigenvalue weighted by Gasteiger charge is -2.23. The average Bonchev–Trinajstić information content (AvgIpc) is 2.70. The van der Waals surface area contributed by atoms with Crippen LogP contribution in [0.25, 0.3) is 0 Å². The summed E-state index contributed by atoms with van der Waals surface area (Å²) in [6, 6.07) is 8.21. The van der Waals surface area contributed by atoms with Crippen LogP contribution in [0.2, 0.25) is 0 Å². The van der Waals surface area contributed by atoms with E-state index >= 15 is 0 Å². The van der Waals surface area contributed by atoms with Crippen molar-refractivity contribution in [3.05, 3.63) is 52.3 Å². The van der Waals surface area contributed by atoms with Crippen molar-refractivity contribution in [1.82, 2.24) is 4.72 Å². The topological polar surface area (TPSA) is 84.5 Å². The lowest BCUT2D eigenvalue weighted by molar-refractivity contribution is 0.102. The minimum atomic E-state index is -3.88. The van der Waals surface area contributed by atoms with Gasteiger partial charge in [0, 0.05) is 16.1 Å². The van der Waals surface area contributed by atoms with Crippen LogP contribution in [0, 0.1) is 5.82 Å². The molecule has 9 heteroatoms. The molecule has 0 radical (unpaired) electrons. The Balaban J connectivity index is 1.86. The molecule has 6 nitrogen and oxygen atoms in total. The number of hydrogen-bond acceptors (Lipinski definition) is 4. The molecule has 0 unspecified atom stereocenters. The normalized spacial score (nSPS) is 15.1. The van der Waals surface area contributed by atoms with Crippen LogP contribution >= 0.6 is 15.9 Å². The van der Waals surface area contributed by atoms with Crippen LogP contribution in [0.5, 0.6) is 5.75 Å². The lowest BCUT2D eigenvalue weighted by Crippen LogP contribution is -2.36. The van der Waals surface area contributed by atoms with Crippen molar-refractivity contribution in [3.63, 3.8) is 0 Å². The van der Waals surface area contributed by atoms with Crippen LogP contribution in [0.4, 0.5) is 10.1 Å². The molecule has 0 atom stereocenters. The van der Waals surface area contributed by atoms with E-state index in [4.69, 9.17) is 4.74 Å². The number of carbonyl (C=O) groups is 1. The largest absolute Gasteiger partial charge is 0.495 e. The summed E-state index contributed by atoms with van der Waals surface area (Å²) in [6.45, 7) is 0. The summed E-state index contributed by atoms with van der Waals surface area (Å²) in [6.07, 6.45) is 4.62. The second kappa shape index (κ2) is 9.23. The SMILES string of the molecule is COc1ccc(C(=O)Nc2ccc(Br)cc2F)cc1S(=O)(=O)NC1CCCCC1. The van der Waals surface area contributed by atoms with Gasteiger partial charge in [-0.2, -0.15) is 0 Å². The standard InChI is InChI=1S/C20H22BrFN2O4S/c1-28-18-10-7-13(20(25)23-17-9-8-14(21)12-16(17)22)11-19(18)29(26,27)24-15-5-3-2-4-6-15/h7-12,15,24H,2-6H2,1H3,(H,23,25). The molecule has 1 amide bonds. The maximum Gasteiger partial charge on any atom is 0.255 e. The zero-order valence-electron chi connectivity index (χ0n) is 15.9. The van der Waals surface area contributed by atoms with Gasteiger partial charge in [-0.25, -0.2) is 17.5 Å². The Morgan fingerprint density at radius 2 is 1.86 bits per heavy atom. The van der Waals surface area contributed by atoms with E-state index in [1.807, 2.05) is 0 Å². The Hall–Kier alpha value is -1.97. The van der Waals surface area contributed by atoms with Gasteiger partial charge < -0.3 is 10.1 Å². The summed E-state index contributed by atoms with van der Waals surface area (Å²) in [4.78, 5) is 12.5. The van der Waals surface area contributed by atoms with Gasteiger partial charge in [-0.15, -0.1) is 0 Å². The first-order chi connectivity index (χ1) is 13.8. The maximum atomic E-state index is 14.0. The maximum absolute atomic E-state index is 14.0. The molecule has 0 aliphatic heterocycles. The van der Waals surface area contributed by atoms with E-state index in [9.17, 15) is 17.6 Å². The van der Waals surface area contributed by atoms with Gasteiger partial charge in [-0.05, 0) is 49.2 Å².